The number of nitrogens with zero attached hydrogens (tertiary/aromatic N) is 5. The minimum Gasteiger partial charge on any atom is -0.493 e. The number of benzene rings is 1. The zero-order valence-corrected chi connectivity index (χ0v) is 17.1. The summed E-state index contributed by atoms with van der Waals surface area (Å²) in [6.45, 7) is 3.66. The summed E-state index contributed by atoms with van der Waals surface area (Å²) < 4.78 is 22.0. The fraction of sp³-hybridized carbons (Fsp3) is 0.500. The van der Waals surface area contributed by atoms with E-state index in [2.05, 4.69) is 25.2 Å². The molecule has 0 spiro atoms. The van der Waals surface area contributed by atoms with E-state index in [1.165, 1.54) is 0 Å². The third-order valence-electron chi connectivity index (χ3n) is 5.39. The van der Waals surface area contributed by atoms with Gasteiger partial charge in [0.15, 0.2) is 23.1 Å². The SMILES string of the molecule is CCc1noc(C2CCN(c3nncc4c(OC)c(OC)c(OC)cc34)CC2)n1. The zero-order valence-electron chi connectivity index (χ0n) is 17.1. The molecule has 1 aromatic carbocycles. The van der Waals surface area contributed by atoms with Crippen molar-refractivity contribution in [1.82, 2.24) is 20.3 Å². The summed E-state index contributed by atoms with van der Waals surface area (Å²) in [6, 6.07) is 1.93. The van der Waals surface area contributed by atoms with Gasteiger partial charge in [-0.1, -0.05) is 12.1 Å². The lowest BCUT2D eigenvalue weighted by atomic mass is 9.96. The average Bonchev–Trinajstić information content (AvgIpc) is 3.26. The number of fused-ring (bicyclic) bond motifs is 1. The number of aromatic nitrogens is 4. The van der Waals surface area contributed by atoms with Gasteiger partial charge in [-0.15, -0.1) is 5.10 Å². The summed E-state index contributed by atoms with van der Waals surface area (Å²) in [4.78, 5) is 6.72. The molecule has 9 heteroatoms. The van der Waals surface area contributed by atoms with E-state index in [1.807, 2.05) is 13.0 Å². The first-order chi connectivity index (χ1) is 14.2. The van der Waals surface area contributed by atoms with E-state index in [-0.39, 0.29) is 5.92 Å². The minimum atomic E-state index is 0.270. The molecule has 0 atom stereocenters. The molecule has 0 bridgehead atoms. The summed E-state index contributed by atoms with van der Waals surface area (Å²) in [6.07, 6.45) is 4.29. The minimum absolute atomic E-state index is 0.270. The molecule has 4 rings (SSSR count). The van der Waals surface area contributed by atoms with Gasteiger partial charge >= 0.3 is 0 Å². The molecule has 3 aromatic rings. The van der Waals surface area contributed by atoms with Crippen molar-refractivity contribution in [1.29, 1.82) is 0 Å². The van der Waals surface area contributed by atoms with Crippen LogP contribution in [-0.4, -0.2) is 54.8 Å². The van der Waals surface area contributed by atoms with E-state index >= 15 is 0 Å². The van der Waals surface area contributed by atoms with Gasteiger partial charge in [0.05, 0.1) is 32.9 Å². The molecule has 0 N–H and O–H groups in total. The van der Waals surface area contributed by atoms with Crippen molar-refractivity contribution in [2.24, 2.45) is 0 Å². The van der Waals surface area contributed by atoms with Crippen LogP contribution in [0.2, 0.25) is 0 Å². The lowest BCUT2D eigenvalue weighted by molar-refractivity contribution is 0.326. The van der Waals surface area contributed by atoms with Crippen LogP contribution in [0.15, 0.2) is 16.8 Å². The third-order valence-corrected chi connectivity index (χ3v) is 5.39. The topological polar surface area (TPSA) is 95.6 Å². The van der Waals surface area contributed by atoms with Crippen molar-refractivity contribution in [2.45, 2.75) is 32.1 Å². The van der Waals surface area contributed by atoms with E-state index in [1.54, 1.807) is 27.5 Å². The summed E-state index contributed by atoms with van der Waals surface area (Å²) in [7, 11) is 4.81. The third kappa shape index (κ3) is 3.41. The molecule has 29 heavy (non-hydrogen) atoms. The predicted octanol–water partition coefficient (Wildman–Crippen LogP) is 2.99. The van der Waals surface area contributed by atoms with E-state index in [0.717, 1.165) is 60.7 Å². The molecular weight excluding hydrogens is 374 g/mol. The molecule has 154 valence electrons. The van der Waals surface area contributed by atoms with Gasteiger partial charge in [-0.3, -0.25) is 0 Å². The van der Waals surface area contributed by atoms with E-state index < -0.39 is 0 Å². The Hall–Kier alpha value is -3.10. The van der Waals surface area contributed by atoms with Crippen LogP contribution in [0.1, 0.15) is 37.4 Å². The van der Waals surface area contributed by atoms with Gasteiger partial charge in [-0.25, -0.2) is 0 Å². The van der Waals surface area contributed by atoms with E-state index in [0.29, 0.717) is 17.2 Å². The molecule has 0 aliphatic carbocycles. The molecule has 0 saturated carbocycles. The summed E-state index contributed by atoms with van der Waals surface area (Å²) in [5.74, 6) is 4.30. The summed E-state index contributed by atoms with van der Waals surface area (Å²) in [5, 5.41) is 14.4. The van der Waals surface area contributed by atoms with Gasteiger partial charge < -0.3 is 23.6 Å². The Morgan fingerprint density at radius 2 is 1.83 bits per heavy atom. The Balaban J connectivity index is 1.64. The van der Waals surface area contributed by atoms with Gasteiger partial charge in [0.2, 0.25) is 11.6 Å². The largest absolute Gasteiger partial charge is 0.493 e. The maximum atomic E-state index is 5.60. The first-order valence-electron chi connectivity index (χ1n) is 9.71. The van der Waals surface area contributed by atoms with Crippen LogP contribution >= 0.6 is 0 Å². The molecule has 0 radical (unpaired) electrons. The van der Waals surface area contributed by atoms with E-state index in [9.17, 15) is 0 Å². The smallest absolute Gasteiger partial charge is 0.229 e. The Labute approximate surface area is 169 Å². The number of hydrogen-bond acceptors (Lipinski definition) is 9. The van der Waals surface area contributed by atoms with Crippen LogP contribution in [0.5, 0.6) is 17.2 Å². The fourth-order valence-corrected chi connectivity index (χ4v) is 3.84. The van der Waals surface area contributed by atoms with Gasteiger partial charge in [0, 0.05) is 30.8 Å². The lowest BCUT2D eigenvalue weighted by Gasteiger charge is -2.31. The van der Waals surface area contributed by atoms with Gasteiger partial charge in [0.25, 0.3) is 0 Å². The Morgan fingerprint density at radius 3 is 2.45 bits per heavy atom. The molecule has 1 aliphatic rings. The van der Waals surface area contributed by atoms with Crippen LogP contribution in [0, 0.1) is 0 Å². The summed E-state index contributed by atoms with van der Waals surface area (Å²) >= 11 is 0. The first kappa shape index (κ1) is 19.2. The van der Waals surface area contributed by atoms with Crippen LogP contribution < -0.4 is 19.1 Å². The normalized spacial score (nSPS) is 15.0. The highest BCUT2D eigenvalue weighted by atomic mass is 16.5. The fourth-order valence-electron chi connectivity index (χ4n) is 3.84. The zero-order chi connectivity index (χ0) is 20.4. The highest BCUT2D eigenvalue weighted by Gasteiger charge is 2.28. The maximum Gasteiger partial charge on any atom is 0.229 e. The number of rotatable bonds is 6. The van der Waals surface area contributed by atoms with E-state index in [4.69, 9.17) is 18.7 Å². The Bertz CT molecular complexity index is 998. The molecule has 1 aliphatic heterocycles. The number of anilines is 1. The second-order valence-corrected chi connectivity index (χ2v) is 6.94. The lowest BCUT2D eigenvalue weighted by Crippen LogP contribution is -2.34. The molecule has 9 nitrogen and oxygen atoms in total. The summed E-state index contributed by atoms with van der Waals surface area (Å²) in [5.41, 5.74) is 0. The predicted molar refractivity (Wildman–Crippen MR) is 107 cm³/mol. The van der Waals surface area contributed by atoms with Crippen molar-refractivity contribution in [2.75, 3.05) is 39.3 Å². The van der Waals surface area contributed by atoms with Crippen molar-refractivity contribution >= 4 is 16.6 Å². The van der Waals surface area contributed by atoms with Crippen LogP contribution in [0.4, 0.5) is 5.82 Å². The highest BCUT2D eigenvalue weighted by molar-refractivity contribution is 5.99. The number of aryl methyl sites for hydroxylation is 1. The molecular formula is C20H25N5O4. The monoisotopic (exact) mass is 399 g/mol. The maximum absolute atomic E-state index is 5.60. The second-order valence-electron chi connectivity index (χ2n) is 6.94. The number of methoxy groups -OCH3 is 3. The molecule has 1 fully saturated rings. The van der Waals surface area contributed by atoms with Gasteiger partial charge in [-0.2, -0.15) is 10.1 Å². The van der Waals surface area contributed by atoms with Crippen molar-refractivity contribution < 1.29 is 18.7 Å². The Kier molecular flexibility index (Phi) is 5.37. The number of piperidine rings is 1. The molecule has 0 unspecified atom stereocenters. The van der Waals surface area contributed by atoms with Gasteiger partial charge in [0.1, 0.15) is 0 Å². The number of ether oxygens (including phenoxy) is 3. The quantitative estimate of drug-likeness (QED) is 0.620. The van der Waals surface area contributed by atoms with Crippen LogP contribution in [0.3, 0.4) is 0 Å². The molecule has 2 aromatic heterocycles. The average molecular weight is 399 g/mol. The first-order valence-corrected chi connectivity index (χ1v) is 9.71. The number of hydrogen-bond donors (Lipinski definition) is 0. The standard InChI is InChI=1S/C20H25N5O4/c1-5-16-22-20(29-24-16)12-6-8-25(9-7-12)19-13-10-15(26-2)18(28-4)17(27-3)14(13)11-21-23-19/h10-12H,5-9H2,1-4H3. The molecule has 1 saturated heterocycles. The Morgan fingerprint density at radius 1 is 1.07 bits per heavy atom. The van der Waals surface area contributed by atoms with Crippen LogP contribution in [0.25, 0.3) is 10.8 Å². The van der Waals surface area contributed by atoms with Crippen molar-refractivity contribution in [3.8, 4) is 17.2 Å². The molecule has 3 heterocycles. The van der Waals surface area contributed by atoms with Crippen molar-refractivity contribution in [3.05, 3.63) is 24.0 Å². The second kappa shape index (κ2) is 8.10. The van der Waals surface area contributed by atoms with Crippen LogP contribution in [-0.2, 0) is 6.42 Å². The van der Waals surface area contributed by atoms with Gasteiger partial charge in [-0.05, 0) is 18.9 Å². The highest BCUT2D eigenvalue weighted by Crippen LogP contribution is 2.45. The van der Waals surface area contributed by atoms with Crippen molar-refractivity contribution in [3.63, 3.8) is 0 Å². The molecule has 0 amide bonds.